The van der Waals surface area contributed by atoms with Crippen LogP contribution in [0.4, 0.5) is 4.79 Å². The van der Waals surface area contributed by atoms with E-state index in [1.54, 1.807) is 18.2 Å². The third-order valence-electron chi connectivity index (χ3n) is 2.59. The molecular formula is C15H14ClN3O2. The van der Waals surface area contributed by atoms with Gasteiger partial charge in [0.2, 0.25) is 0 Å². The van der Waals surface area contributed by atoms with E-state index >= 15 is 0 Å². The first-order valence-electron chi connectivity index (χ1n) is 6.20. The molecule has 0 aromatic heterocycles. The molecule has 0 bridgehead atoms. The maximum absolute atomic E-state index is 10.6. The second-order valence-electron chi connectivity index (χ2n) is 4.19. The highest BCUT2D eigenvalue weighted by Gasteiger charge is 2.04. The van der Waals surface area contributed by atoms with Gasteiger partial charge >= 0.3 is 6.03 Å². The molecule has 0 aliphatic carbocycles. The molecule has 2 rings (SSSR count). The number of halogens is 1. The predicted octanol–water partition coefficient (Wildman–Crippen LogP) is 2.92. The molecule has 6 heteroatoms. The van der Waals surface area contributed by atoms with Crippen LogP contribution in [-0.4, -0.2) is 12.2 Å². The number of primary amides is 1. The third kappa shape index (κ3) is 4.81. The van der Waals surface area contributed by atoms with E-state index in [0.717, 1.165) is 5.56 Å². The molecule has 0 radical (unpaired) electrons. The van der Waals surface area contributed by atoms with Crippen LogP contribution in [0, 0.1) is 0 Å². The number of nitrogens with zero attached hydrogens (tertiary/aromatic N) is 1. The van der Waals surface area contributed by atoms with E-state index in [9.17, 15) is 4.79 Å². The summed E-state index contributed by atoms with van der Waals surface area (Å²) in [6.07, 6.45) is 1.43. The summed E-state index contributed by atoms with van der Waals surface area (Å²) < 4.78 is 5.74. The van der Waals surface area contributed by atoms with Crippen molar-refractivity contribution in [2.75, 3.05) is 0 Å². The largest absolute Gasteiger partial charge is 0.488 e. The van der Waals surface area contributed by atoms with E-state index in [4.69, 9.17) is 22.1 Å². The van der Waals surface area contributed by atoms with Gasteiger partial charge in [-0.15, -0.1) is 0 Å². The lowest BCUT2D eigenvalue weighted by atomic mass is 10.2. The molecule has 0 saturated carbocycles. The summed E-state index contributed by atoms with van der Waals surface area (Å²) in [4.78, 5) is 10.6. The molecule has 5 nitrogen and oxygen atoms in total. The Hall–Kier alpha value is -2.53. The minimum Gasteiger partial charge on any atom is -0.488 e. The van der Waals surface area contributed by atoms with Gasteiger partial charge in [-0.25, -0.2) is 10.2 Å². The van der Waals surface area contributed by atoms with Crippen molar-refractivity contribution in [2.24, 2.45) is 10.8 Å². The molecule has 2 aromatic carbocycles. The Balaban J connectivity index is 2.11. The first-order chi connectivity index (χ1) is 10.1. The molecular weight excluding hydrogens is 290 g/mol. The van der Waals surface area contributed by atoms with Crippen molar-refractivity contribution in [1.29, 1.82) is 0 Å². The standard InChI is InChI=1S/C15H14ClN3O2/c16-13-6-7-14(12(8-13)9-18-19-15(17)20)21-10-11-4-2-1-3-5-11/h1-9H,10H2,(H3,17,19,20). The van der Waals surface area contributed by atoms with Gasteiger partial charge in [-0.05, 0) is 23.8 Å². The van der Waals surface area contributed by atoms with Crippen molar-refractivity contribution in [2.45, 2.75) is 6.61 Å². The summed E-state index contributed by atoms with van der Waals surface area (Å²) in [5, 5.41) is 4.25. The molecule has 108 valence electrons. The number of rotatable bonds is 5. The summed E-state index contributed by atoms with van der Waals surface area (Å²) in [7, 11) is 0. The summed E-state index contributed by atoms with van der Waals surface area (Å²) >= 11 is 5.95. The van der Waals surface area contributed by atoms with E-state index in [1.165, 1.54) is 6.21 Å². The van der Waals surface area contributed by atoms with Crippen molar-refractivity contribution in [1.82, 2.24) is 5.43 Å². The number of hydrazone groups is 1. The number of benzene rings is 2. The lowest BCUT2D eigenvalue weighted by Gasteiger charge is -2.09. The number of ether oxygens (including phenoxy) is 1. The minimum atomic E-state index is -0.736. The fraction of sp³-hybridized carbons (Fsp3) is 0.0667. The maximum Gasteiger partial charge on any atom is 0.332 e. The van der Waals surface area contributed by atoms with Crippen molar-refractivity contribution < 1.29 is 9.53 Å². The molecule has 0 aliphatic heterocycles. The van der Waals surface area contributed by atoms with E-state index in [-0.39, 0.29) is 0 Å². The Morgan fingerprint density at radius 1 is 1.29 bits per heavy atom. The van der Waals surface area contributed by atoms with Gasteiger partial charge in [0.1, 0.15) is 12.4 Å². The Morgan fingerprint density at radius 2 is 2.05 bits per heavy atom. The zero-order valence-electron chi connectivity index (χ0n) is 11.1. The summed E-state index contributed by atoms with van der Waals surface area (Å²) in [5.41, 5.74) is 8.75. The number of nitrogens with one attached hydrogen (secondary N) is 1. The summed E-state index contributed by atoms with van der Waals surface area (Å²) in [5.74, 6) is 0.610. The molecule has 3 N–H and O–H groups in total. The fourth-order valence-corrected chi connectivity index (χ4v) is 1.83. The molecule has 0 atom stereocenters. The van der Waals surface area contributed by atoms with Gasteiger partial charge in [0.05, 0.1) is 6.21 Å². The van der Waals surface area contributed by atoms with Gasteiger partial charge in [-0.2, -0.15) is 5.10 Å². The van der Waals surface area contributed by atoms with E-state index < -0.39 is 6.03 Å². The maximum atomic E-state index is 10.6. The third-order valence-corrected chi connectivity index (χ3v) is 2.82. The molecule has 2 aromatic rings. The number of carbonyl (C=O) groups is 1. The first kappa shape index (κ1) is 14.9. The molecule has 0 fully saturated rings. The summed E-state index contributed by atoms with van der Waals surface area (Å²) in [6.45, 7) is 0.423. The monoisotopic (exact) mass is 303 g/mol. The highest BCUT2D eigenvalue weighted by molar-refractivity contribution is 6.30. The van der Waals surface area contributed by atoms with Gasteiger partial charge in [0, 0.05) is 10.6 Å². The van der Waals surface area contributed by atoms with Crippen molar-refractivity contribution in [3.05, 3.63) is 64.7 Å². The van der Waals surface area contributed by atoms with Crippen LogP contribution in [0.5, 0.6) is 5.75 Å². The van der Waals surface area contributed by atoms with Gasteiger partial charge in [0.15, 0.2) is 0 Å². The number of hydrogen-bond acceptors (Lipinski definition) is 3. The predicted molar refractivity (Wildman–Crippen MR) is 82.5 cm³/mol. The molecule has 21 heavy (non-hydrogen) atoms. The van der Waals surface area contributed by atoms with E-state index in [2.05, 4.69) is 10.5 Å². The second-order valence-corrected chi connectivity index (χ2v) is 4.63. The molecule has 0 saturated heterocycles. The van der Waals surface area contributed by atoms with Crippen LogP contribution in [0.15, 0.2) is 53.6 Å². The molecule has 0 spiro atoms. The number of hydrogen-bond donors (Lipinski definition) is 2. The number of nitrogens with two attached hydrogens (primary N) is 1. The first-order valence-corrected chi connectivity index (χ1v) is 6.58. The fourth-order valence-electron chi connectivity index (χ4n) is 1.65. The number of carbonyl (C=O) groups excluding carboxylic acids is 1. The van der Waals surface area contributed by atoms with Crippen LogP contribution in [0.1, 0.15) is 11.1 Å². The van der Waals surface area contributed by atoms with E-state index in [1.807, 2.05) is 30.3 Å². The highest BCUT2D eigenvalue weighted by Crippen LogP contribution is 2.22. The molecule has 0 unspecified atom stereocenters. The molecule has 2 amide bonds. The van der Waals surface area contributed by atoms with Crippen molar-refractivity contribution >= 4 is 23.8 Å². The lowest BCUT2D eigenvalue weighted by molar-refractivity contribution is 0.249. The molecule has 0 aliphatic rings. The minimum absolute atomic E-state index is 0.423. The van der Waals surface area contributed by atoms with Gasteiger partial charge in [-0.3, -0.25) is 0 Å². The van der Waals surface area contributed by atoms with Crippen molar-refractivity contribution in [3.8, 4) is 5.75 Å². The number of urea groups is 1. The van der Waals surface area contributed by atoms with Crippen LogP contribution in [-0.2, 0) is 6.61 Å². The van der Waals surface area contributed by atoms with Crippen molar-refractivity contribution in [3.63, 3.8) is 0 Å². The Morgan fingerprint density at radius 3 is 2.76 bits per heavy atom. The zero-order valence-corrected chi connectivity index (χ0v) is 11.9. The lowest BCUT2D eigenvalue weighted by Crippen LogP contribution is -2.24. The summed E-state index contributed by atoms with van der Waals surface area (Å²) in [6, 6.07) is 14.2. The quantitative estimate of drug-likeness (QED) is 0.658. The van der Waals surface area contributed by atoms with Crippen LogP contribution < -0.4 is 15.9 Å². The Kier molecular flexibility index (Phi) is 5.17. The van der Waals surface area contributed by atoms with Crippen LogP contribution in [0.25, 0.3) is 0 Å². The average Bonchev–Trinajstić information content (AvgIpc) is 2.47. The Labute approximate surface area is 127 Å². The normalized spacial score (nSPS) is 10.5. The SMILES string of the molecule is NC(=O)NN=Cc1cc(Cl)ccc1OCc1ccccc1. The Bertz CT molecular complexity index is 645. The number of amides is 2. The van der Waals surface area contributed by atoms with Gasteiger partial charge in [0.25, 0.3) is 0 Å². The highest BCUT2D eigenvalue weighted by atomic mass is 35.5. The topological polar surface area (TPSA) is 76.7 Å². The average molecular weight is 304 g/mol. The zero-order chi connectivity index (χ0) is 15.1. The van der Waals surface area contributed by atoms with Crippen LogP contribution in [0.2, 0.25) is 5.02 Å². The second kappa shape index (κ2) is 7.31. The van der Waals surface area contributed by atoms with Gasteiger partial charge < -0.3 is 10.5 Å². The van der Waals surface area contributed by atoms with Gasteiger partial charge in [-0.1, -0.05) is 41.9 Å². The van der Waals surface area contributed by atoms with Crippen LogP contribution in [0.3, 0.4) is 0 Å². The van der Waals surface area contributed by atoms with Crippen LogP contribution >= 0.6 is 11.6 Å². The van der Waals surface area contributed by atoms with E-state index in [0.29, 0.717) is 22.9 Å². The smallest absolute Gasteiger partial charge is 0.332 e. The molecule has 0 heterocycles.